The molecule has 3 heterocycles. The summed E-state index contributed by atoms with van der Waals surface area (Å²) in [5.74, 6) is -1.71. The lowest BCUT2D eigenvalue weighted by Gasteiger charge is -2.43. The molecule has 37 heavy (non-hydrogen) atoms. The number of halogens is 3. The molecule has 2 fully saturated rings. The van der Waals surface area contributed by atoms with Gasteiger partial charge in [-0.05, 0) is 39.8 Å². The van der Waals surface area contributed by atoms with E-state index in [1.54, 1.807) is 13.8 Å². The van der Waals surface area contributed by atoms with Gasteiger partial charge in [-0.2, -0.15) is 13.2 Å². The van der Waals surface area contributed by atoms with Crippen molar-refractivity contribution in [3.63, 3.8) is 0 Å². The van der Waals surface area contributed by atoms with Gasteiger partial charge in [0.2, 0.25) is 5.91 Å². The Labute approximate surface area is 211 Å². The third kappa shape index (κ3) is 6.32. The Balaban J connectivity index is 1.60. The zero-order valence-electron chi connectivity index (χ0n) is 20.8. The summed E-state index contributed by atoms with van der Waals surface area (Å²) in [7, 11) is 0. The quantitative estimate of drug-likeness (QED) is 0.293. The van der Waals surface area contributed by atoms with Gasteiger partial charge in [0.1, 0.15) is 35.4 Å². The Morgan fingerprint density at radius 2 is 1.81 bits per heavy atom. The van der Waals surface area contributed by atoms with E-state index in [-0.39, 0.29) is 32.2 Å². The molecule has 5 N–H and O–H groups in total. The Hall–Kier alpha value is -2.52. The van der Waals surface area contributed by atoms with Gasteiger partial charge in [-0.15, -0.1) is 0 Å². The van der Waals surface area contributed by atoms with Gasteiger partial charge in [0, 0.05) is 0 Å². The van der Waals surface area contributed by atoms with Crippen molar-refractivity contribution in [2.75, 3.05) is 31.7 Å². The SMILES string of the molecule is CC(C)(COCC(C)(C)C(=O)NC[C@@]12CO[C@@H](O1)[C@H](Nc1cccc(C(F)(F)F)n1)[C@@H](O)[C@H]2O)C(=O)O. The predicted octanol–water partition coefficient (Wildman–Crippen LogP) is 0.998. The second kappa shape index (κ2) is 10.3. The minimum Gasteiger partial charge on any atom is -0.481 e. The average molecular weight is 536 g/mol. The Kier molecular flexibility index (Phi) is 8.11. The van der Waals surface area contributed by atoms with Crippen molar-refractivity contribution in [3.05, 3.63) is 23.9 Å². The summed E-state index contributed by atoms with van der Waals surface area (Å²) in [4.78, 5) is 27.5. The summed E-state index contributed by atoms with van der Waals surface area (Å²) < 4.78 is 55.8. The van der Waals surface area contributed by atoms with E-state index in [1.165, 1.54) is 19.9 Å². The molecule has 0 radical (unpaired) electrons. The van der Waals surface area contributed by atoms with Crippen molar-refractivity contribution in [1.29, 1.82) is 0 Å². The molecule has 208 valence electrons. The fraction of sp³-hybridized carbons (Fsp3) is 0.696. The molecule has 1 aromatic rings. The van der Waals surface area contributed by atoms with Crippen LogP contribution in [0.2, 0.25) is 0 Å². The molecular formula is C23H32F3N3O8. The van der Waals surface area contributed by atoms with Crippen LogP contribution in [0.25, 0.3) is 0 Å². The number of anilines is 1. The summed E-state index contributed by atoms with van der Waals surface area (Å²) in [5, 5.41) is 36.0. The molecule has 0 spiro atoms. The number of carbonyl (C=O) groups excluding carboxylic acids is 1. The van der Waals surface area contributed by atoms with Gasteiger partial charge in [0.25, 0.3) is 0 Å². The molecule has 0 unspecified atom stereocenters. The number of hydrogen-bond acceptors (Lipinski definition) is 9. The Bertz CT molecular complexity index is 1010. The molecule has 11 nitrogen and oxygen atoms in total. The monoisotopic (exact) mass is 535 g/mol. The number of pyridine rings is 1. The van der Waals surface area contributed by atoms with Gasteiger partial charge in [0.05, 0.1) is 37.2 Å². The number of carbonyl (C=O) groups is 2. The first-order valence-electron chi connectivity index (χ1n) is 11.5. The van der Waals surface area contributed by atoms with Crippen LogP contribution >= 0.6 is 0 Å². The largest absolute Gasteiger partial charge is 0.481 e. The van der Waals surface area contributed by atoms with Gasteiger partial charge >= 0.3 is 12.1 Å². The maximum Gasteiger partial charge on any atom is 0.433 e. The molecule has 5 atom stereocenters. The summed E-state index contributed by atoms with van der Waals surface area (Å²) in [6, 6.07) is 2.08. The molecule has 2 bridgehead atoms. The number of aliphatic carboxylic acids is 1. The Morgan fingerprint density at radius 1 is 1.16 bits per heavy atom. The number of carboxylic acids is 1. The molecule has 14 heteroatoms. The van der Waals surface area contributed by atoms with Gasteiger partial charge < -0.3 is 40.2 Å². The van der Waals surface area contributed by atoms with Crippen LogP contribution in [0.4, 0.5) is 19.0 Å². The number of alkyl halides is 3. The van der Waals surface area contributed by atoms with Gasteiger partial charge in [0.15, 0.2) is 6.29 Å². The number of nitrogens with zero attached hydrogens (tertiary/aromatic N) is 1. The highest BCUT2D eigenvalue weighted by molar-refractivity contribution is 5.82. The van der Waals surface area contributed by atoms with Crippen molar-refractivity contribution < 1.29 is 52.3 Å². The van der Waals surface area contributed by atoms with Gasteiger partial charge in [-0.25, -0.2) is 4.98 Å². The lowest BCUT2D eigenvalue weighted by atomic mass is 9.86. The number of hydrogen-bond donors (Lipinski definition) is 5. The van der Waals surface area contributed by atoms with Crippen LogP contribution in [-0.4, -0.2) is 88.7 Å². The fourth-order valence-electron chi connectivity index (χ4n) is 3.88. The van der Waals surface area contributed by atoms with Crippen molar-refractivity contribution in [3.8, 4) is 0 Å². The van der Waals surface area contributed by atoms with E-state index in [0.29, 0.717) is 0 Å². The highest BCUT2D eigenvalue weighted by Crippen LogP contribution is 2.38. The van der Waals surface area contributed by atoms with E-state index in [9.17, 15) is 38.1 Å². The minimum absolute atomic E-state index is 0.0797. The standard InChI is InChI=1S/C23H32F3N3O8/c1-20(2,9-35-10-21(3,4)19(33)34)18(32)27-8-22-11-36-17(37-22)14(15(30)16(22)31)29-13-7-5-6-12(28-13)23(24,25)26/h5-7,14-17,30-31H,8-11H2,1-4H3,(H,27,32)(H,28,29)(H,33,34)/t14-,15-,16-,17+,22+/m1/s1. The van der Waals surface area contributed by atoms with E-state index >= 15 is 0 Å². The molecule has 3 rings (SSSR count). The fourth-order valence-corrected chi connectivity index (χ4v) is 3.88. The number of aliphatic hydroxyl groups excluding tert-OH is 2. The van der Waals surface area contributed by atoms with E-state index in [1.807, 2.05) is 0 Å². The lowest BCUT2D eigenvalue weighted by Crippen LogP contribution is -2.66. The number of rotatable bonds is 10. The van der Waals surface area contributed by atoms with Crippen LogP contribution in [-0.2, 0) is 30.0 Å². The second-order valence-electron chi connectivity index (χ2n) is 10.6. The van der Waals surface area contributed by atoms with Crippen LogP contribution in [0.3, 0.4) is 0 Å². The number of ether oxygens (including phenoxy) is 3. The summed E-state index contributed by atoms with van der Waals surface area (Å²) in [6.45, 7) is 5.55. The third-order valence-corrected chi connectivity index (χ3v) is 6.39. The first kappa shape index (κ1) is 29.0. The van der Waals surface area contributed by atoms with E-state index in [4.69, 9.17) is 14.2 Å². The first-order valence-corrected chi connectivity index (χ1v) is 11.5. The molecular weight excluding hydrogens is 503 g/mol. The van der Waals surface area contributed by atoms with Crippen LogP contribution in [0, 0.1) is 10.8 Å². The number of amides is 1. The van der Waals surface area contributed by atoms with Gasteiger partial charge in [-0.1, -0.05) is 6.07 Å². The lowest BCUT2D eigenvalue weighted by molar-refractivity contribution is -0.213. The number of carboxylic acid groups (broad SMARTS) is 1. The van der Waals surface area contributed by atoms with E-state index in [0.717, 1.165) is 12.1 Å². The molecule has 2 aliphatic heterocycles. The highest BCUT2D eigenvalue weighted by Gasteiger charge is 2.59. The summed E-state index contributed by atoms with van der Waals surface area (Å²) >= 11 is 0. The van der Waals surface area contributed by atoms with Crippen LogP contribution in [0.15, 0.2) is 18.2 Å². The third-order valence-electron chi connectivity index (χ3n) is 6.39. The molecule has 1 amide bonds. The zero-order chi connectivity index (χ0) is 27.8. The van der Waals surface area contributed by atoms with Crippen LogP contribution in [0.1, 0.15) is 33.4 Å². The van der Waals surface area contributed by atoms with Crippen molar-refractivity contribution in [2.24, 2.45) is 10.8 Å². The maximum absolute atomic E-state index is 13.0. The second-order valence-corrected chi connectivity index (χ2v) is 10.6. The van der Waals surface area contributed by atoms with Gasteiger partial charge in [-0.3, -0.25) is 9.59 Å². The molecule has 0 aromatic carbocycles. The molecule has 2 aliphatic rings. The predicted molar refractivity (Wildman–Crippen MR) is 121 cm³/mol. The zero-order valence-corrected chi connectivity index (χ0v) is 20.8. The van der Waals surface area contributed by atoms with Crippen molar-refractivity contribution in [1.82, 2.24) is 10.3 Å². The smallest absolute Gasteiger partial charge is 0.433 e. The Morgan fingerprint density at radius 3 is 2.43 bits per heavy atom. The average Bonchev–Trinajstić information content (AvgIpc) is 3.21. The van der Waals surface area contributed by atoms with E-state index in [2.05, 4.69) is 15.6 Å². The van der Waals surface area contributed by atoms with Crippen LogP contribution in [0.5, 0.6) is 0 Å². The van der Waals surface area contributed by atoms with E-state index < -0.39 is 64.7 Å². The molecule has 0 aliphatic carbocycles. The summed E-state index contributed by atoms with van der Waals surface area (Å²) in [6.07, 6.45) is -8.89. The normalized spacial score (nSPS) is 28.1. The maximum atomic E-state index is 13.0. The number of aliphatic hydroxyl groups is 2. The molecule has 0 saturated carbocycles. The van der Waals surface area contributed by atoms with Crippen LogP contribution < -0.4 is 10.6 Å². The number of fused-ring (bicyclic) bond motifs is 2. The summed E-state index contributed by atoms with van der Waals surface area (Å²) in [5.41, 5.74) is -4.83. The molecule has 2 saturated heterocycles. The number of aromatic nitrogens is 1. The van der Waals surface area contributed by atoms with Crippen molar-refractivity contribution in [2.45, 2.75) is 64.0 Å². The number of nitrogens with one attached hydrogen (secondary N) is 2. The molecule has 1 aromatic heterocycles. The minimum atomic E-state index is -4.67. The highest BCUT2D eigenvalue weighted by atomic mass is 19.4. The first-order chi connectivity index (χ1) is 17.0. The van der Waals surface area contributed by atoms with Crippen molar-refractivity contribution >= 4 is 17.7 Å². The topological polar surface area (TPSA) is 159 Å².